The SMILES string of the molecule is CC(C)[C@@H]1Cc2c(sc3c2C2NN=C(SCC(N)=O)N2c2nnc(SCC(N)=O)n2-3)CO1. The quantitative estimate of drug-likeness (QED) is 0.497. The van der Waals surface area contributed by atoms with E-state index in [2.05, 4.69) is 34.6 Å². The fraction of sp³-hybridized carbons (Fsp3) is 0.500. The topological polar surface area (TPSA) is 154 Å². The highest BCUT2D eigenvalue weighted by Gasteiger charge is 2.45. The molecule has 2 aromatic rings. The molecule has 0 fully saturated rings. The number of carbonyl (C=O) groups is 2. The molecule has 0 saturated heterocycles. The van der Waals surface area contributed by atoms with Crippen molar-refractivity contribution in [3.05, 3.63) is 16.0 Å². The number of aromatic nitrogens is 3. The van der Waals surface area contributed by atoms with Gasteiger partial charge in [-0.2, -0.15) is 5.10 Å². The molecule has 1 unspecified atom stereocenters. The van der Waals surface area contributed by atoms with Gasteiger partial charge in [-0.15, -0.1) is 21.5 Å². The highest BCUT2D eigenvalue weighted by Crippen LogP contribution is 2.49. The molecule has 5 N–H and O–H groups in total. The molecule has 11 nitrogen and oxygen atoms in total. The van der Waals surface area contributed by atoms with Crippen LogP contribution in [0.15, 0.2) is 10.3 Å². The lowest BCUT2D eigenvalue weighted by Crippen LogP contribution is -2.39. The van der Waals surface area contributed by atoms with Crippen LogP contribution in [0, 0.1) is 5.92 Å². The summed E-state index contributed by atoms with van der Waals surface area (Å²) >= 11 is 4.13. The van der Waals surface area contributed by atoms with E-state index in [1.807, 2.05) is 9.47 Å². The van der Waals surface area contributed by atoms with Crippen molar-refractivity contribution >= 4 is 57.8 Å². The van der Waals surface area contributed by atoms with Gasteiger partial charge in [-0.25, -0.2) is 4.57 Å². The first kappa shape index (κ1) is 21.6. The molecule has 0 saturated carbocycles. The van der Waals surface area contributed by atoms with Gasteiger partial charge in [-0.3, -0.25) is 19.9 Å². The van der Waals surface area contributed by atoms with Crippen LogP contribution < -0.4 is 21.8 Å². The number of hydrogen-bond donors (Lipinski definition) is 3. The van der Waals surface area contributed by atoms with Gasteiger partial charge in [-0.1, -0.05) is 37.4 Å². The second-order valence-corrected chi connectivity index (χ2v) is 10.9. The smallest absolute Gasteiger partial charge is 0.241 e. The largest absolute Gasteiger partial charge is 0.372 e. The van der Waals surface area contributed by atoms with Crippen molar-refractivity contribution < 1.29 is 14.3 Å². The van der Waals surface area contributed by atoms with Gasteiger partial charge >= 0.3 is 0 Å². The standard InChI is InChI=1S/C18H22N8O3S3/c1-7(2)9-3-8-10(4-29-9)32-15-13(8)14-21-23-17(30-5-11(19)27)25(14)16-22-24-18(26(15)16)31-6-12(20)28/h7,9,14,21H,3-6H2,1-2H3,(H2,19,27)(H2,20,28)/t9-,14?/m0/s1. The number of nitrogens with zero attached hydrogens (tertiary/aromatic N) is 5. The number of fused-ring (bicyclic) bond motifs is 8. The average molecular weight is 495 g/mol. The molecule has 14 heteroatoms. The molecule has 0 aromatic carbocycles. The Morgan fingerprint density at radius 1 is 1.25 bits per heavy atom. The van der Waals surface area contributed by atoms with Crippen LogP contribution >= 0.6 is 34.9 Å². The van der Waals surface area contributed by atoms with Crippen molar-refractivity contribution in [3.63, 3.8) is 0 Å². The zero-order valence-corrected chi connectivity index (χ0v) is 19.9. The number of thiophene rings is 1. The van der Waals surface area contributed by atoms with Crippen molar-refractivity contribution in [2.24, 2.45) is 22.5 Å². The van der Waals surface area contributed by atoms with Crippen LogP contribution in [0.3, 0.4) is 0 Å². The molecule has 0 spiro atoms. The van der Waals surface area contributed by atoms with Crippen molar-refractivity contribution in [1.82, 2.24) is 20.2 Å². The predicted molar refractivity (Wildman–Crippen MR) is 124 cm³/mol. The number of hydrazone groups is 1. The first-order chi connectivity index (χ1) is 15.3. The highest BCUT2D eigenvalue weighted by atomic mass is 32.2. The van der Waals surface area contributed by atoms with E-state index in [9.17, 15) is 9.59 Å². The van der Waals surface area contributed by atoms with Gasteiger partial charge in [0.05, 0.1) is 24.2 Å². The number of thioether (sulfide) groups is 2. The summed E-state index contributed by atoms with van der Waals surface area (Å²) in [6.07, 6.45) is 0.666. The number of rotatable bonds is 6. The molecule has 0 bridgehead atoms. The van der Waals surface area contributed by atoms with Gasteiger partial charge in [0.15, 0.2) is 16.5 Å². The zero-order valence-electron chi connectivity index (χ0n) is 17.4. The maximum absolute atomic E-state index is 11.4. The summed E-state index contributed by atoms with van der Waals surface area (Å²) in [5.74, 6) is 0.287. The summed E-state index contributed by atoms with van der Waals surface area (Å²) in [5.41, 5.74) is 16.3. The summed E-state index contributed by atoms with van der Waals surface area (Å²) in [6, 6.07) is 0. The van der Waals surface area contributed by atoms with E-state index in [-0.39, 0.29) is 23.8 Å². The molecule has 2 atom stereocenters. The molecule has 5 heterocycles. The van der Waals surface area contributed by atoms with E-state index in [0.717, 1.165) is 17.0 Å². The Kier molecular flexibility index (Phi) is 5.55. The second kappa shape index (κ2) is 8.24. The fourth-order valence-corrected chi connectivity index (χ4v) is 6.69. The normalized spacial score (nSPS) is 20.8. The van der Waals surface area contributed by atoms with E-state index >= 15 is 0 Å². The van der Waals surface area contributed by atoms with Gasteiger partial charge in [-0.05, 0) is 11.5 Å². The molecule has 0 radical (unpaired) electrons. The van der Waals surface area contributed by atoms with Crippen molar-refractivity contribution in [2.45, 2.75) is 44.3 Å². The number of anilines is 1. The number of nitrogens with one attached hydrogen (secondary N) is 1. The lowest BCUT2D eigenvalue weighted by atomic mass is 9.93. The van der Waals surface area contributed by atoms with Crippen LogP contribution in [-0.2, 0) is 27.4 Å². The van der Waals surface area contributed by atoms with Crippen LogP contribution in [0.5, 0.6) is 0 Å². The number of carbonyl (C=O) groups excluding carboxylic acids is 2. The monoisotopic (exact) mass is 494 g/mol. The molecule has 170 valence electrons. The van der Waals surface area contributed by atoms with Crippen LogP contribution in [0.4, 0.5) is 5.95 Å². The second-order valence-electron chi connectivity index (χ2n) is 7.94. The highest BCUT2D eigenvalue weighted by molar-refractivity contribution is 8.14. The summed E-state index contributed by atoms with van der Waals surface area (Å²) < 4.78 is 8.05. The molecule has 2 aromatic heterocycles. The van der Waals surface area contributed by atoms with Crippen LogP contribution in [0.1, 0.15) is 36.0 Å². The lowest BCUT2D eigenvalue weighted by Gasteiger charge is -2.33. The lowest BCUT2D eigenvalue weighted by molar-refractivity contribution is -0.116. The van der Waals surface area contributed by atoms with Gasteiger partial charge in [0.25, 0.3) is 0 Å². The summed E-state index contributed by atoms with van der Waals surface area (Å²) in [5, 5.41) is 15.3. The van der Waals surface area contributed by atoms with Gasteiger partial charge < -0.3 is 16.2 Å². The molecule has 32 heavy (non-hydrogen) atoms. The average Bonchev–Trinajstić information content (AvgIpc) is 3.44. The predicted octanol–water partition coefficient (Wildman–Crippen LogP) is 0.915. The van der Waals surface area contributed by atoms with E-state index < -0.39 is 11.8 Å². The first-order valence-corrected chi connectivity index (χ1v) is 12.8. The summed E-state index contributed by atoms with van der Waals surface area (Å²) in [6.45, 7) is 4.87. The Labute approximate surface area is 196 Å². The van der Waals surface area contributed by atoms with E-state index in [1.165, 1.54) is 34.0 Å². The first-order valence-electron chi connectivity index (χ1n) is 10.0. The molecular formula is C18H22N8O3S3. The number of primary amides is 2. The minimum Gasteiger partial charge on any atom is -0.372 e. The Morgan fingerprint density at radius 2 is 2.00 bits per heavy atom. The van der Waals surface area contributed by atoms with Crippen LogP contribution in [0.25, 0.3) is 5.00 Å². The maximum atomic E-state index is 11.4. The van der Waals surface area contributed by atoms with Crippen LogP contribution in [0.2, 0.25) is 0 Å². The van der Waals surface area contributed by atoms with Crippen molar-refractivity contribution in [3.8, 4) is 5.00 Å². The zero-order chi connectivity index (χ0) is 22.6. The number of amidine groups is 1. The summed E-state index contributed by atoms with van der Waals surface area (Å²) in [7, 11) is 0. The molecule has 2 amide bonds. The number of nitrogens with two attached hydrogens (primary N) is 2. The Morgan fingerprint density at radius 3 is 2.72 bits per heavy atom. The third kappa shape index (κ3) is 3.54. The van der Waals surface area contributed by atoms with Crippen molar-refractivity contribution in [2.75, 3.05) is 16.4 Å². The maximum Gasteiger partial charge on any atom is 0.241 e. The molecule has 0 aliphatic carbocycles. The van der Waals surface area contributed by atoms with Gasteiger partial charge in [0.2, 0.25) is 17.8 Å². The number of ether oxygens (including phenoxy) is 1. The Hall–Kier alpha value is -2.29. The van der Waals surface area contributed by atoms with E-state index in [0.29, 0.717) is 28.8 Å². The Balaban J connectivity index is 1.61. The van der Waals surface area contributed by atoms with E-state index in [4.69, 9.17) is 16.2 Å². The molecule has 3 aliphatic rings. The number of hydrogen-bond acceptors (Lipinski definition) is 11. The molecular weight excluding hydrogens is 472 g/mol. The van der Waals surface area contributed by atoms with Gasteiger partial charge in [0, 0.05) is 16.9 Å². The minimum atomic E-state index is -0.429. The third-order valence-corrected chi connectivity index (χ3v) is 8.56. The minimum absolute atomic E-state index is 0.0934. The molecule has 5 rings (SSSR count). The number of amides is 2. The van der Waals surface area contributed by atoms with Crippen molar-refractivity contribution in [1.29, 1.82) is 0 Å². The fourth-order valence-electron chi connectivity index (χ4n) is 3.97. The third-order valence-electron chi connectivity index (χ3n) is 5.43. The van der Waals surface area contributed by atoms with Crippen LogP contribution in [-0.4, -0.2) is 49.4 Å². The molecule has 3 aliphatic heterocycles. The Bertz CT molecular complexity index is 1130. The summed E-state index contributed by atoms with van der Waals surface area (Å²) in [4.78, 5) is 25.9. The van der Waals surface area contributed by atoms with Gasteiger partial charge in [0.1, 0.15) is 5.00 Å². The van der Waals surface area contributed by atoms with E-state index in [1.54, 1.807) is 11.3 Å².